The molecule has 50 heavy (non-hydrogen) atoms. The lowest BCUT2D eigenvalue weighted by Crippen LogP contribution is -2.03. The summed E-state index contributed by atoms with van der Waals surface area (Å²) in [5, 5.41) is 25.7. The second-order valence-corrected chi connectivity index (χ2v) is 12.9. The minimum Gasteiger partial charge on any atom is -0.317 e. The van der Waals surface area contributed by atoms with Gasteiger partial charge in [0.2, 0.25) is 5.69 Å². The highest BCUT2D eigenvalue weighted by atomic mass is 32.1. The van der Waals surface area contributed by atoms with Gasteiger partial charge in [-0.2, -0.15) is 10.5 Å². The minimum atomic E-state index is 0.270. The van der Waals surface area contributed by atoms with Crippen molar-refractivity contribution in [1.82, 2.24) is 14.5 Å². The van der Waals surface area contributed by atoms with E-state index >= 15 is 0 Å². The van der Waals surface area contributed by atoms with E-state index < -0.39 is 0 Å². The quantitative estimate of drug-likeness (QED) is 0.177. The van der Waals surface area contributed by atoms with Gasteiger partial charge in [0.05, 0.1) is 46.3 Å². The minimum absolute atomic E-state index is 0.270. The molecule has 6 nitrogen and oxygen atoms in total. The molecule has 0 spiro atoms. The Kier molecular flexibility index (Phi) is 6.71. The van der Waals surface area contributed by atoms with Gasteiger partial charge < -0.3 is 4.57 Å². The summed E-state index contributed by atoms with van der Waals surface area (Å²) in [6.07, 6.45) is 0. The van der Waals surface area contributed by atoms with Gasteiger partial charge in [-0.15, -0.1) is 11.3 Å². The number of aromatic nitrogens is 3. The number of nitrogens with zero attached hydrogens (tertiary/aromatic N) is 6. The third-order valence-corrected chi connectivity index (χ3v) is 10.2. The lowest BCUT2D eigenvalue weighted by atomic mass is 9.97. The van der Waals surface area contributed by atoms with E-state index in [9.17, 15) is 10.5 Å². The summed E-state index contributed by atoms with van der Waals surface area (Å²) in [5.74, 6) is 0.444. The van der Waals surface area contributed by atoms with Crippen molar-refractivity contribution in [3.05, 3.63) is 156 Å². The molecule has 3 heterocycles. The van der Waals surface area contributed by atoms with E-state index in [2.05, 4.69) is 51.9 Å². The highest BCUT2D eigenvalue weighted by molar-refractivity contribution is 7.26. The molecule has 6 aromatic carbocycles. The topological polar surface area (TPSA) is 82.7 Å². The van der Waals surface area contributed by atoms with E-state index in [1.165, 1.54) is 4.70 Å². The van der Waals surface area contributed by atoms with E-state index in [4.69, 9.17) is 16.5 Å². The number of nitriles is 2. The highest BCUT2D eigenvalue weighted by Gasteiger charge is 2.25. The van der Waals surface area contributed by atoms with Crippen LogP contribution in [0.4, 0.5) is 5.69 Å². The molecule has 9 aromatic rings. The van der Waals surface area contributed by atoms with Gasteiger partial charge in [0.25, 0.3) is 0 Å². The predicted octanol–water partition coefficient (Wildman–Crippen LogP) is 11.2. The van der Waals surface area contributed by atoms with Gasteiger partial charge in [-0.1, -0.05) is 103 Å². The second-order valence-electron chi connectivity index (χ2n) is 11.9. The Morgan fingerprint density at radius 3 is 2.00 bits per heavy atom. The van der Waals surface area contributed by atoms with E-state index in [1.807, 2.05) is 91.0 Å². The summed E-state index contributed by atoms with van der Waals surface area (Å²) in [5.41, 5.74) is 6.10. The molecule has 0 aliphatic carbocycles. The molecule has 230 valence electrons. The standard InChI is InChI=1S/C43H22N6S/c1-46-34-23-28(40-33(25-45)39(26-12-4-2-5-13-26)47-43(48-40)27-14-6-3-7-15-27)22-29(24-44)41(34)49-35-18-10-8-16-30(35)31-20-21-37-38(42(31)49)32-17-9-11-19-36(32)50-37/h2-23H. The summed E-state index contributed by atoms with van der Waals surface area (Å²) in [4.78, 5) is 13.8. The summed E-state index contributed by atoms with van der Waals surface area (Å²) in [7, 11) is 0. The van der Waals surface area contributed by atoms with Crippen molar-refractivity contribution < 1.29 is 0 Å². The van der Waals surface area contributed by atoms with Crippen molar-refractivity contribution >= 4 is 59.0 Å². The molecular weight excluding hydrogens is 633 g/mol. The van der Waals surface area contributed by atoms with Crippen molar-refractivity contribution in [2.75, 3.05) is 0 Å². The van der Waals surface area contributed by atoms with Crippen molar-refractivity contribution in [2.24, 2.45) is 0 Å². The Morgan fingerprint density at radius 2 is 1.28 bits per heavy atom. The first-order valence-corrected chi connectivity index (χ1v) is 16.7. The molecule has 3 aromatic heterocycles. The van der Waals surface area contributed by atoms with Crippen molar-refractivity contribution in [3.63, 3.8) is 0 Å². The van der Waals surface area contributed by atoms with Crippen molar-refractivity contribution in [1.29, 1.82) is 10.5 Å². The molecular formula is C43H22N6S. The maximum Gasteiger partial charge on any atom is 0.212 e. The first kappa shape index (κ1) is 29.1. The van der Waals surface area contributed by atoms with Crippen LogP contribution in [-0.2, 0) is 0 Å². The molecule has 0 saturated heterocycles. The van der Waals surface area contributed by atoms with Crippen LogP contribution in [0.3, 0.4) is 0 Å². The zero-order valence-corrected chi connectivity index (χ0v) is 27.1. The summed E-state index contributed by atoms with van der Waals surface area (Å²) < 4.78 is 4.38. The zero-order valence-electron chi connectivity index (χ0n) is 26.3. The van der Waals surface area contributed by atoms with Crippen LogP contribution in [0, 0.1) is 29.2 Å². The van der Waals surface area contributed by atoms with Crippen LogP contribution in [0.25, 0.3) is 86.4 Å². The molecule has 0 aliphatic heterocycles. The summed E-state index contributed by atoms with van der Waals surface area (Å²) in [6, 6.07) is 48.2. The van der Waals surface area contributed by atoms with Crippen LogP contribution < -0.4 is 0 Å². The monoisotopic (exact) mass is 654 g/mol. The summed E-state index contributed by atoms with van der Waals surface area (Å²) in [6.45, 7) is 8.46. The first-order chi connectivity index (χ1) is 24.7. The fraction of sp³-hybridized carbons (Fsp3) is 0. The van der Waals surface area contributed by atoms with Crippen LogP contribution in [0.5, 0.6) is 0 Å². The molecule has 0 atom stereocenters. The maximum atomic E-state index is 10.8. The lowest BCUT2D eigenvalue weighted by molar-refractivity contribution is 1.16. The Balaban J connectivity index is 1.38. The Labute approximate surface area is 290 Å². The number of para-hydroxylation sites is 1. The fourth-order valence-electron chi connectivity index (χ4n) is 6.96. The van der Waals surface area contributed by atoms with Crippen LogP contribution in [0.1, 0.15) is 11.1 Å². The first-order valence-electron chi connectivity index (χ1n) is 15.9. The number of rotatable bonds is 4. The molecule has 0 amide bonds. The molecule has 7 heteroatoms. The van der Waals surface area contributed by atoms with E-state index in [0.29, 0.717) is 34.0 Å². The molecule has 0 bridgehead atoms. The normalized spacial score (nSPS) is 11.1. The van der Waals surface area contributed by atoms with Gasteiger partial charge in [-0.25, -0.2) is 14.8 Å². The molecule has 0 N–H and O–H groups in total. The zero-order chi connectivity index (χ0) is 33.8. The maximum absolute atomic E-state index is 10.8. The SMILES string of the molecule is [C-]#[N+]c1cc(-c2nc(-c3ccccc3)nc(-c3ccccc3)c2C#N)cc(C#N)c1-n1c2ccccc2c2ccc3sc4ccccc4c3c21. The Bertz CT molecular complexity index is 2920. The smallest absolute Gasteiger partial charge is 0.212 e. The van der Waals surface area contributed by atoms with Gasteiger partial charge in [-0.3, -0.25) is 0 Å². The largest absolute Gasteiger partial charge is 0.317 e. The van der Waals surface area contributed by atoms with Crippen molar-refractivity contribution in [3.8, 4) is 51.7 Å². The van der Waals surface area contributed by atoms with Crippen LogP contribution >= 0.6 is 11.3 Å². The molecule has 0 radical (unpaired) electrons. The van der Waals surface area contributed by atoms with E-state index in [-0.39, 0.29) is 11.3 Å². The average Bonchev–Trinajstić information content (AvgIpc) is 3.73. The fourth-order valence-corrected chi connectivity index (χ4v) is 8.06. The van der Waals surface area contributed by atoms with Crippen LogP contribution in [0.2, 0.25) is 0 Å². The Hall–Kier alpha value is -7.11. The number of hydrogen-bond donors (Lipinski definition) is 0. The number of benzene rings is 6. The second kappa shape index (κ2) is 11.5. The van der Waals surface area contributed by atoms with E-state index in [1.54, 1.807) is 23.5 Å². The highest BCUT2D eigenvalue weighted by Crippen LogP contribution is 2.46. The number of thiophene rings is 1. The van der Waals surface area contributed by atoms with Crippen molar-refractivity contribution in [2.45, 2.75) is 0 Å². The summed E-state index contributed by atoms with van der Waals surface area (Å²) >= 11 is 1.73. The number of fused-ring (bicyclic) bond motifs is 7. The average molecular weight is 655 g/mol. The van der Waals surface area contributed by atoms with Crippen LogP contribution in [0.15, 0.2) is 133 Å². The Morgan fingerprint density at radius 1 is 0.620 bits per heavy atom. The molecule has 9 rings (SSSR count). The van der Waals surface area contributed by atoms with Gasteiger partial charge in [0, 0.05) is 42.1 Å². The molecule has 0 fully saturated rings. The van der Waals surface area contributed by atoms with Gasteiger partial charge in [0.1, 0.15) is 11.6 Å². The van der Waals surface area contributed by atoms with Gasteiger partial charge >= 0.3 is 0 Å². The molecule has 0 aliphatic rings. The van der Waals surface area contributed by atoms with Crippen LogP contribution in [-0.4, -0.2) is 14.5 Å². The predicted molar refractivity (Wildman–Crippen MR) is 201 cm³/mol. The molecule has 0 unspecified atom stereocenters. The van der Waals surface area contributed by atoms with Gasteiger partial charge in [0.15, 0.2) is 5.82 Å². The third-order valence-electron chi connectivity index (χ3n) is 9.10. The lowest BCUT2D eigenvalue weighted by Gasteiger charge is -2.16. The van der Waals surface area contributed by atoms with Gasteiger partial charge in [-0.05, 0) is 35.9 Å². The number of hydrogen-bond acceptors (Lipinski definition) is 5. The molecule has 0 saturated carbocycles. The van der Waals surface area contributed by atoms with E-state index in [0.717, 1.165) is 48.4 Å². The third kappa shape index (κ3) is 4.38.